The van der Waals surface area contributed by atoms with Crippen molar-refractivity contribution < 1.29 is 8.42 Å². The standard InChI is InChI=1S/C14H24N4O2S/c1-2-3-11-21(19,20)18-14-10-9-13(16-17-14)15-12-7-5-4-6-8-12/h9-10,12H,2-8,11H2,1H3,(H,15,16)(H,17,18). The molecule has 118 valence electrons. The van der Waals surface area contributed by atoms with Crippen molar-refractivity contribution >= 4 is 21.7 Å². The fourth-order valence-corrected chi connectivity index (χ4v) is 3.66. The van der Waals surface area contributed by atoms with Crippen LogP contribution in [0.15, 0.2) is 12.1 Å². The first-order valence-electron chi connectivity index (χ1n) is 7.70. The average Bonchev–Trinajstić information content (AvgIpc) is 2.48. The Morgan fingerprint density at radius 3 is 2.43 bits per heavy atom. The molecule has 0 aromatic carbocycles. The molecule has 1 saturated carbocycles. The van der Waals surface area contributed by atoms with Gasteiger partial charge in [0.05, 0.1) is 5.75 Å². The summed E-state index contributed by atoms with van der Waals surface area (Å²) in [4.78, 5) is 0. The molecule has 1 aromatic heterocycles. The summed E-state index contributed by atoms with van der Waals surface area (Å²) in [5, 5.41) is 11.3. The van der Waals surface area contributed by atoms with Crippen molar-refractivity contribution in [1.29, 1.82) is 0 Å². The molecule has 2 rings (SSSR count). The zero-order valence-corrected chi connectivity index (χ0v) is 13.3. The highest BCUT2D eigenvalue weighted by molar-refractivity contribution is 7.92. The van der Waals surface area contributed by atoms with Gasteiger partial charge < -0.3 is 5.32 Å². The van der Waals surface area contributed by atoms with E-state index in [1.54, 1.807) is 12.1 Å². The minimum Gasteiger partial charge on any atom is -0.366 e. The molecule has 0 atom stereocenters. The lowest BCUT2D eigenvalue weighted by Gasteiger charge is -2.22. The Kier molecular flexibility index (Phi) is 5.78. The maximum absolute atomic E-state index is 11.8. The second-order valence-electron chi connectivity index (χ2n) is 5.56. The number of aromatic nitrogens is 2. The third-order valence-corrected chi connectivity index (χ3v) is 4.99. The fourth-order valence-electron chi connectivity index (χ4n) is 2.46. The van der Waals surface area contributed by atoms with Crippen LogP contribution in [0.5, 0.6) is 0 Å². The summed E-state index contributed by atoms with van der Waals surface area (Å²) in [7, 11) is -3.31. The van der Waals surface area contributed by atoms with Gasteiger partial charge in [-0.25, -0.2) is 8.42 Å². The lowest BCUT2D eigenvalue weighted by molar-refractivity contribution is 0.461. The Labute approximate surface area is 126 Å². The zero-order valence-electron chi connectivity index (χ0n) is 12.5. The largest absolute Gasteiger partial charge is 0.366 e. The van der Waals surface area contributed by atoms with Crippen molar-refractivity contribution in [2.75, 3.05) is 15.8 Å². The Morgan fingerprint density at radius 2 is 1.81 bits per heavy atom. The number of nitrogens with one attached hydrogen (secondary N) is 2. The van der Waals surface area contributed by atoms with Gasteiger partial charge in [0.2, 0.25) is 10.0 Å². The van der Waals surface area contributed by atoms with Gasteiger partial charge in [-0.2, -0.15) is 0 Å². The summed E-state index contributed by atoms with van der Waals surface area (Å²) in [6.07, 6.45) is 7.62. The van der Waals surface area contributed by atoms with Crippen LogP contribution in [-0.4, -0.2) is 30.4 Å². The van der Waals surface area contributed by atoms with Gasteiger partial charge in [0.1, 0.15) is 5.82 Å². The van der Waals surface area contributed by atoms with E-state index in [2.05, 4.69) is 20.2 Å². The first-order valence-corrected chi connectivity index (χ1v) is 9.35. The van der Waals surface area contributed by atoms with Gasteiger partial charge in [0, 0.05) is 6.04 Å². The van der Waals surface area contributed by atoms with Crippen molar-refractivity contribution in [3.63, 3.8) is 0 Å². The number of rotatable bonds is 7. The van der Waals surface area contributed by atoms with E-state index in [4.69, 9.17) is 0 Å². The third-order valence-electron chi connectivity index (χ3n) is 3.65. The van der Waals surface area contributed by atoms with Crippen LogP contribution in [0.25, 0.3) is 0 Å². The van der Waals surface area contributed by atoms with Crippen molar-refractivity contribution in [3.05, 3.63) is 12.1 Å². The van der Waals surface area contributed by atoms with Crippen LogP contribution in [0, 0.1) is 0 Å². The Morgan fingerprint density at radius 1 is 1.14 bits per heavy atom. The van der Waals surface area contributed by atoms with Gasteiger partial charge in [-0.15, -0.1) is 10.2 Å². The Hall–Kier alpha value is -1.37. The molecule has 0 spiro atoms. The van der Waals surface area contributed by atoms with E-state index in [0.717, 1.165) is 19.3 Å². The summed E-state index contributed by atoms with van der Waals surface area (Å²) in [6.45, 7) is 1.96. The van der Waals surface area contributed by atoms with Crippen LogP contribution in [0.1, 0.15) is 51.9 Å². The minimum atomic E-state index is -3.31. The monoisotopic (exact) mass is 312 g/mol. The number of hydrogen-bond donors (Lipinski definition) is 2. The molecular weight excluding hydrogens is 288 g/mol. The molecule has 0 bridgehead atoms. The van der Waals surface area contributed by atoms with Crippen molar-refractivity contribution in [2.24, 2.45) is 0 Å². The number of sulfonamides is 1. The van der Waals surface area contributed by atoms with Crippen LogP contribution >= 0.6 is 0 Å². The Balaban J connectivity index is 1.89. The highest BCUT2D eigenvalue weighted by Crippen LogP contribution is 2.20. The van der Waals surface area contributed by atoms with Gasteiger partial charge in [-0.3, -0.25) is 4.72 Å². The predicted molar refractivity (Wildman–Crippen MR) is 84.8 cm³/mol. The first-order chi connectivity index (χ1) is 10.1. The van der Waals surface area contributed by atoms with Crippen molar-refractivity contribution in [2.45, 2.75) is 57.9 Å². The van der Waals surface area contributed by atoms with Crippen LogP contribution in [0.2, 0.25) is 0 Å². The molecule has 1 heterocycles. The van der Waals surface area contributed by atoms with E-state index in [1.807, 2.05) is 6.92 Å². The van der Waals surface area contributed by atoms with E-state index < -0.39 is 10.0 Å². The van der Waals surface area contributed by atoms with Crippen molar-refractivity contribution in [1.82, 2.24) is 10.2 Å². The zero-order chi connectivity index (χ0) is 15.1. The lowest BCUT2D eigenvalue weighted by Crippen LogP contribution is -2.23. The molecule has 1 aromatic rings. The number of anilines is 2. The summed E-state index contributed by atoms with van der Waals surface area (Å²) in [5.74, 6) is 1.10. The van der Waals surface area contributed by atoms with E-state index in [-0.39, 0.29) is 11.6 Å². The summed E-state index contributed by atoms with van der Waals surface area (Å²) in [5.41, 5.74) is 0. The van der Waals surface area contributed by atoms with E-state index in [1.165, 1.54) is 19.3 Å². The van der Waals surface area contributed by atoms with Crippen LogP contribution < -0.4 is 10.0 Å². The summed E-state index contributed by atoms with van der Waals surface area (Å²) in [6, 6.07) is 3.89. The van der Waals surface area contributed by atoms with Gasteiger partial charge >= 0.3 is 0 Å². The van der Waals surface area contributed by atoms with Crippen LogP contribution in [0.4, 0.5) is 11.6 Å². The molecule has 0 unspecified atom stereocenters. The average molecular weight is 312 g/mol. The summed E-state index contributed by atoms with van der Waals surface area (Å²) < 4.78 is 26.0. The van der Waals surface area contributed by atoms with Crippen molar-refractivity contribution in [3.8, 4) is 0 Å². The molecule has 0 aliphatic heterocycles. The Bertz CT molecular complexity index is 524. The van der Waals surface area contributed by atoms with Crippen LogP contribution in [-0.2, 0) is 10.0 Å². The van der Waals surface area contributed by atoms with Gasteiger partial charge in [-0.1, -0.05) is 32.6 Å². The number of nitrogens with zero attached hydrogens (tertiary/aromatic N) is 2. The maximum Gasteiger partial charge on any atom is 0.233 e. The minimum absolute atomic E-state index is 0.118. The number of unbranched alkanes of at least 4 members (excludes halogenated alkanes) is 1. The van der Waals surface area contributed by atoms with E-state index in [0.29, 0.717) is 18.3 Å². The molecule has 0 amide bonds. The predicted octanol–water partition coefficient (Wildman–Crippen LogP) is 2.76. The molecular formula is C14H24N4O2S. The number of hydrogen-bond acceptors (Lipinski definition) is 5. The third kappa shape index (κ3) is 5.49. The first kappa shape index (κ1) is 16.0. The topological polar surface area (TPSA) is 84.0 Å². The van der Waals surface area contributed by atoms with E-state index in [9.17, 15) is 8.42 Å². The molecule has 0 saturated heterocycles. The maximum atomic E-state index is 11.8. The molecule has 0 radical (unpaired) electrons. The molecule has 6 nitrogen and oxygen atoms in total. The molecule has 1 aliphatic carbocycles. The normalized spacial score (nSPS) is 16.6. The SMILES string of the molecule is CCCCS(=O)(=O)Nc1ccc(NC2CCCCC2)nn1. The highest BCUT2D eigenvalue weighted by Gasteiger charge is 2.14. The lowest BCUT2D eigenvalue weighted by atomic mass is 9.95. The van der Waals surface area contributed by atoms with Gasteiger partial charge in [-0.05, 0) is 31.4 Å². The van der Waals surface area contributed by atoms with E-state index >= 15 is 0 Å². The molecule has 1 fully saturated rings. The molecule has 7 heteroatoms. The van der Waals surface area contributed by atoms with Gasteiger partial charge in [0.15, 0.2) is 5.82 Å². The van der Waals surface area contributed by atoms with Gasteiger partial charge in [0.25, 0.3) is 0 Å². The molecule has 2 N–H and O–H groups in total. The fraction of sp³-hybridized carbons (Fsp3) is 0.714. The second-order valence-corrected chi connectivity index (χ2v) is 7.40. The summed E-state index contributed by atoms with van der Waals surface area (Å²) >= 11 is 0. The van der Waals surface area contributed by atoms with Crippen LogP contribution in [0.3, 0.4) is 0 Å². The molecule has 21 heavy (non-hydrogen) atoms. The second kappa shape index (κ2) is 7.59. The smallest absolute Gasteiger partial charge is 0.233 e. The quantitative estimate of drug-likeness (QED) is 0.809. The highest BCUT2D eigenvalue weighted by atomic mass is 32.2. The molecule has 1 aliphatic rings.